The van der Waals surface area contributed by atoms with Crippen LogP contribution in [0.15, 0.2) is 56.5 Å². The van der Waals surface area contributed by atoms with Gasteiger partial charge in [0.05, 0.1) is 12.2 Å². The molecule has 0 unspecified atom stereocenters. The van der Waals surface area contributed by atoms with E-state index in [-0.39, 0.29) is 16.5 Å². The molecule has 3 heterocycles. The van der Waals surface area contributed by atoms with Gasteiger partial charge in [0.15, 0.2) is 0 Å². The van der Waals surface area contributed by atoms with Gasteiger partial charge in [0.25, 0.3) is 10.0 Å². The number of carbonyl (C=O) groups excluding carboxylic acids is 2. The van der Waals surface area contributed by atoms with Crippen LogP contribution in [-0.4, -0.2) is 38.4 Å². The van der Waals surface area contributed by atoms with E-state index >= 15 is 0 Å². The second-order valence-electron chi connectivity index (χ2n) is 7.58. The number of aliphatic hydroxyl groups is 1. The van der Waals surface area contributed by atoms with Gasteiger partial charge in [-0.2, -0.15) is 0 Å². The summed E-state index contributed by atoms with van der Waals surface area (Å²) in [7, 11) is -3.71. The lowest BCUT2D eigenvalue weighted by molar-refractivity contribution is -0.136. The van der Waals surface area contributed by atoms with Crippen LogP contribution in [0.3, 0.4) is 0 Å². The molecule has 0 radical (unpaired) electrons. The highest BCUT2D eigenvalue weighted by Crippen LogP contribution is 2.35. The molecule has 1 atom stereocenters. The van der Waals surface area contributed by atoms with Gasteiger partial charge in [-0.3, -0.25) is 13.9 Å². The maximum Gasteiger partial charge on any atom is 0.313 e. The minimum Gasteiger partial charge on any atom is -0.464 e. The monoisotopic (exact) mass is 489 g/mol. The summed E-state index contributed by atoms with van der Waals surface area (Å²) in [6, 6.07) is 11.5. The van der Waals surface area contributed by atoms with Crippen molar-refractivity contribution in [3.05, 3.63) is 64.9 Å². The van der Waals surface area contributed by atoms with Crippen LogP contribution < -0.4 is 14.9 Å². The number of sulfonamides is 1. The number of anilines is 2. The highest BCUT2D eigenvalue weighted by molar-refractivity contribution is 7.94. The molecule has 2 amide bonds. The van der Waals surface area contributed by atoms with Crippen LogP contribution in [0.25, 0.3) is 0 Å². The molecule has 33 heavy (non-hydrogen) atoms. The zero-order chi connectivity index (χ0) is 23.6. The summed E-state index contributed by atoms with van der Waals surface area (Å²) in [5, 5.41) is 16.6. The molecule has 0 saturated heterocycles. The Bertz CT molecular complexity index is 1270. The lowest BCUT2D eigenvalue weighted by Crippen LogP contribution is -2.38. The molecule has 4 rings (SSSR count). The van der Waals surface area contributed by atoms with E-state index < -0.39 is 27.9 Å². The smallest absolute Gasteiger partial charge is 0.313 e. The van der Waals surface area contributed by atoms with Crippen LogP contribution in [0.5, 0.6) is 0 Å². The molecule has 9 nitrogen and oxygen atoms in total. The summed E-state index contributed by atoms with van der Waals surface area (Å²) in [5.41, 5.74) is 1.63. The Morgan fingerprint density at radius 2 is 2.03 bits per heavy atom. The van der Waals surface area contributed by atoms with Crippen LogP contribution in [0, 0.1) is 6.92 Å². The molecule has 1 aromatic carbocycles. The largest absolute Gasteiger partial charge is 0.464 e. The SMILES string of the molecule is Cc1ccc([C@H](O)CNC(=O)C(=O)Nc2ccc3c(c2)N(S(=O)(=O)c2cccs2)CCC3)o1. The Hall–Kier alpha value is -3.15. The number of hydrogen-bond donors (Lipinski definition) is 3. The van der Waals surface area contributed by atoms with Crippen LogP contribution in [0.1, 0.15) is 29.6 Å². The predicted octanol–water partition coefficient (Wildman–Crippen LogP) is 2.58. The van der Waals surface area contributed by atoms with Crippen molar-refractivity contribution in [3.8, 4) is 0 Å². The van der Waals surface area contributed by atoms with Gasteiger partial charge in [-0.05, 0) is 61.0 Å². The molecular formula is C22H23N3O6S2. The third-order valence-electron chi connectivity index (χ3n) is 5.21. The fraction of sp³-hybridized carbons (Fsp3) is 0.273. The van der Waals surface area contributed by atoms with Crippen molar-refractivity contribution in [3.63, 3.8) is 0 Å². The highest BCUT2D eigenvalue weighted by atomic mass is 32.2. The number of hydrogen-bond acceptors (Lipinski definition) is 7. The molecular weight excluding hydrogens is 466 g/mol. The second kappa shape index (κ2) is 9.38. The van der Waals surface area contributed by atoms with Crippen molar-refractivity contribution in [2.24, 2.45) is 0 Å². The Balaban J connectivity index is 1.45. The summed E-state index contributed by atoms with van der Waals surface area (Å²) < 4.78 is 33.0. The molecule has 0 saturated carbocycles. The normalized spacial score (nSPS) is 14.4. The number of thiophene rings is 1. The van der Waals surface area contributed by atoms with Crippen LogP contribution >= 0.6 is 11.3 Å². The number of carbonyl (C=O) groups is 2. The number of aliphatic hydroxyl groups excluding tert-OH is 1. The van der Waals surface area contributed by atoms with Gasteiger partial charge in [0, 0.05) is 12.2 Å². The fourth-order valence-corrected chi connectivity index (χ4v) is 6.22. The number of amides is 2. The third-order valence-corrected chi connectivity index (χ3v) is 8.40. The Morgan fingerprint density at radius 3 is 2.73 bits per heavy atom. The highest BCUT2D eigenvalue weighted by Gasteiger charge is 2.30. The quantitative estimate of drug-likeness (QED) is 0.457. The first kappa shape index (κ1) is 23.0. The van der Waals surface area contributed by atoms with E-state index in [9.17, 15) is 23.1 Å². The van der Waals surface area contributed by atoms with Gasteiger partial charge in [-0.15, -0.1) is 11.3 Å². The number of rotatable bonds is 6. The molecule has 1 aliphatic rings. The molecule has 0 bridgehead atoms. The summed E-state index contributed by atoms with van der Waals surface area (Å²) in [4.78, 5) is 24.5. The molecule has 0 spiro atoms. The first-order chi connectivity index (χ1) is 15.8. The summed E-state index contributed by atoms with van der Waals surface area (Å²) in [5.74, 6) is -0.954. The predicted molar refractivity (Wildman–Crippen MR) is 124 cm³/mol. The molecule has 1 aliphatic heterocycles. The first-order valence-corrected chi connectivity index (χ1v) is 12.6. The summed E-state index contributed by atoms with van der Waals surface area (Å²) in [6.07, 6.45) is 0.309. The van der Waals surface area contributed by atoms with E-state index in [0.717, 1.165) is 16.9 Å². The van der Waals surface area contributed by atoms with Crippen LogP contribution in [-0.2, 0) is 26.0 Å². The minimum absolute atomic E-state index is 0.198. The van der Waals surface area contributed by atoms with Gasteiger partial charge in [-0.1, -0.05) is 12.1 Å². The standard InChI is InChI=1S/C22H23N3O6S2/c1-14-6-9-19(31-14)18(26)13-23-21(27)22(28)24-16-8-7-15-4-2-10-25(17(15)12-16)33(29,30)20-5-3-11-32-20/h3,5-9,11-12,18,26H,2,4,10,13H2,1H3,(H,23,27)(H,24,28)/t18-/m1/s1. The van der Waals surface area contributed by atoms with Crippen molar-refractivity contribution in [2.75, 3.05) is 22.7 Å². The number of furan rings is 1. The van der Waals surface area contributed by atoms with Crippen molar-refractivity contribution in [2.45, 2.75) is 30.1 Å². The summed E-state index contributed by atoms with van der Waals surface area (Å²) >= 11 is 1.14. The van der Waals surface area contributed by atoms with E-state index in [1.54, 1.807) is 54.8 Å². The van der Waals surface area contributed by atoms with Gasteiger partial charge in [0.2, 0.25) is 0 Å². The summed E-state index contributed by atoms with van der Waals surface area (Å²) in [6.45, 7) is 1.86. The Kier molecular flexibility index (Phi) is 6.54. The molecule has 174 valence electrons. The van der Waals surface area contributed by atoms with Crippen molar-refractivity contribution in [1.29, 1.82) is 0 Å². The van der Waals surface area contributed by atoms with Crippen LogP contribution in [0.2, 0.25) is 0 Å². The number of nitrogens with zero attached hydrogens (tertiary/aromatic N) is 1. The molecule has 2 aromatic heterocycles. The Morgan fingerprint density at radius 1 is 1.21 bits per heavy atom. The maximum absolute atomic E-state index is 13.1. The molecule has 3 aromatic rings. The third kappa shape index (κ3) is 4.95. The molecule has 0 fully saturated rings. The molecule has 0 aliphatic carbocycles. The zero-order valence-corrected chi connectivity index (χ0v) is 19.4. The van der Waals surface area contributed by atoms with E-state index in [1.807, 2.05) is 0 Å². The number of benzene rings is 1. The van der Waals surface area contributed by atoms with E-state index in [4.69, 9.17) is 4.42 Å². The average molecular weight is 490 g/mol. The lowest BCUT2D eigenvalue weighted by Gasteiger charge is -2.30. The number of fused-ring (bicyclic) bond motifs is 1. The zero-order valence-electron chi connectivity index (χ0n) is 17.8. The van der Waals surface area contributed by atoms with Gasteiger partial charge >= 0.3 is 11.8 Å². The van der Waals surface area contributed by atoms with Gasteiger partial charge in [-0.25, -0.2) is 8.42 Å². The van der Waals surface area contributed by atoms with E-state index in [0.29, 0.717) is 36.5 Å². The van der Waals surface area contributed by atoms with E-state index in [1.165, 1.54) is 4.31 Å². The second-order valence-corrected chi connectivity index (χ2v) is 10.6. The van der Waals surface area contributed by atoms with E-state index in [2.05, 4.69) is 10.6 Å². The van der Waals surface area contributed by atoms with Gasteiger partial charge in [0.1, 0.15) is 21.8 Å². The van der Waals surface area contributed by atoms with Crippen molar-refractivity contribution >= 4 is 44.5 Å². The first-order valence-electron chi connectivity index (χ1n) is 10.3. The average Bonchev–Trinajstić information content (AvgIpc) is 3.49. The van der Waals surface area contributed by atoms with Gasteiger partial charge < -0.3 is 20.2 Å². The topological polar surface area (TPSA) is 129 Å². The Labute approximate surface area is 195 Å². The molecule has 11 heteroatoms. The van der Waals surface area contributed by atoms with Crippen molar-refractivity contribution < 1.29 is 27.5 Å². The maximum atomic E-state index is 13.1. The number of aryl methyl sites for hydroxylation is 2. The fourth-order valence-electron chi connectivity index (χ4n) is 3.58. The number of nitrogens with one attached hydrogen (secondary N) is 2. The minimum atomic E-state index is -3.71. The molecule has 3 N–H and O–H groups in total. The van der Waals surface area contributed by atoms with Crippen molar-refractivity contribution in [1.82, 2.24) is 5.32 Å². The van der Waals surface area contributed by atoms with Crippen LogP contribution in [0.4, 0.5) is 11.4 Å². The lowest BCUT2D eigenvalue weighted by atomic mass is 10.0.